The zero-order chi connectivity index (χ0) is 26.8. The number of carbonyl (C=O) groups excluding carboxylic acids is 1. The third-order valence-corrected chi connectivity index (χ3v) is 9.10. The highest BCUT2D eigenvalue weighted by Gasteiger charge is 2.73. The number of aromatic nitrogens is 1. The van der Waals surface area contributed by atoms with Crippen LogP contribution in [0.4, 0.5) is 0 Å². The largest absolute Gasteiger partial charge is 0.493 e. The first-order valence-corrected chi connectivity index (χ1v) is 13.9. The number of hydrogen-bond donors (Lipinski definition) is 0. The van der Waals surface area contributed by atoms with Crippen LogP contribution >= 0.6 is 0 Å². The molecule has 2 aliphatic carbocycles. The first kappa shape index (κ1) is 23.4. The lowest BCUT2D eigenvalue weighted by atomic mass is 9.97. The Hall–Kier alpha value is -4.52. The zero-order valence-corrected chi connectivity index (χ0v) is 22.0. The molecule has 4 aromatic rings. The molecule has 2 fully saturated rings. The van der Waals surface area contributed by atoms with Gasteiger partial charge in [0.15, 0.2) is 11.4 Å². The van der Waals surface area contributed by atoms with E-state index >= 15 is 0 Å². The molecule has 1 amide bonds. The molecule has 4 atom stereocenters. The van der Waals surface area contributed by atoms with Crippen molar-refractivity contribution in [2.75, 3.05) is 18.3 Å². The molecule has 3 heterocycles. The number of pyridine rings is 1. The van der Waals surface area contributed by atoms with Crippen molar-refractivity contribution in [3.05, 3.63) is 130 Å². The van der Waals surface area contributed by atoms with Gasteiger partial charge in [-0.05, 0) is 35.4 Å². The van der Waals surface area contributed by atoms with Crippen LogP contribution in [-0.2, 0) is 6.61 Å². The van der Waals surface area contributed by atoms with Gasteiger partial charge in [-0.25, -0.2) is 0 Å². The number of amides is 1. The lowest BCUT2D eigenvalue weighted by Gasteiger charge is -2.44. The van der Waals surface area contributed by atoms with Crippen LogP contribution in [0.25, 0.3) is 0 Å². The van der Waals surface area contributed by atoms with Gasteiger partial charge in [0.25, 0.3) is 5.91 Å². The molecule has 0 saturated heterocycles. The lowest BCUT2D eigenvalue weighted by molar-refractivity contribution is 0.0646. The van der Waals surface area contributed by atoms with Crippen LogP contribution in [0.15, 0.2) is 102 Å². The summed E-state index contributed by atoms with van der Waals surface area (Å²) in [7, 11) is 0. The van der Waals surface area contributed by atoms with Crippen LogP contribution in [0.2, 0.25) is 0 Å². The second-order valence-electron chi connectivity index (χ2n) is 11.3. The molecule has 3 aromatic carbocycles. The van der Waals surface area contributed by atoms with Crippen molar-refractivity contribution in [1.82, 2.24) is 9.58 Å². The summed E-state index contributed by atoms with van der Waals surface area (Å²) in [5, 5.41) is 2.18. The maximum atomic E-state index is 14.3. The van der Waals surface area contributed by atoms with E-state index < -0.39 is 0 Å². The Morgan fingerprint density at radius 2 is 1.62 bits per heavy atom. The minimum Gasteiger partial charge on any atom is -0.493 e. The Kier molecular flexibility index (Phi) is 5.11. The van der Waals surface area contributed by atoms with E-state index in [9.17, 15) is 9.59 Å². The van der Waals surface area contributed by atoms with Gasteiger partial charge in [-0.1, -0.05) is 78.9 Å². The highest BCUT2D eigenvalue weighted by Crippen LogP contribution is 2.72. The van der Waals surface area contributed by atoms with Crippen LogP contribution in [-0.4, -0.2) is 34.8 Å². The average Bonchev–Trinajstić information content (AvgIpc) is 3.90. The van der Waals surface area contributed by atoms with E-state index in [1.165, 1.54) is 6.07 Å². The molecule has 1 unspecified atom stereocenters. The van der Waals surface area contributed by atoms with Gasteiger partial charge in [0.1, 0.15) is 25.1 Å². The van der Waals surface area contributed by atoms with E-state index in [1.807, 2.05) is 76.3 Å². The van der Waals surface area contributed by atoms with Crippen LogP contribution in [0, 0.1) is 11.3 Å². The fraction of sp³-hybridized carbons (Fsp3) is 0.273. The second-order valence-corrected chi connectivity index (χ2v) is 11.3. The average molecular weight is 532 g/mol. The Balaban J connectivity index is 1.32. The van der Waals surface area contributed by atoms with Crippen LogP contribution in [0.5, 0.6) is 11.5 Å². The Labute approximate surface area is 232 Å². The molecule has 2 bridgehead atoms. The molecule has 4 aliphatic rings. The highest BCUT2D eigenvalue weighted by atomic mass is 16.5. The van der Waals surface area contributed by atoms with E-state index in [1.54, 1.807) is 6.20 Å². The van der Waals surface area contributed by atoms with Gasteiger partial charge >= 0.3 is 0 Å². The number of benzene rings is 3. The summed E-state index contributed by atoms with van der Waals surface area (Å²) in [5.41, 5.74) is 3.13. The van der Waals surface area contributed by atoms with Gasteiger partial charge in [0.05, 0.1) is 6.61 Å². The van der Waals surface area contributed by atoms with E-state index in [0.29, 0.717) is 19.2 Å². The van der Waals surface area contributed by atoms with Gasteiger partial charge < -0.3 is 14.4 Å². The van der Waals surface area contributed by atoms with E-state index in [0.717, 1.165) is 35.3 Å². The summed E-state index contributed by atoms with van der Waals surface area (Å²) in [5.74, 6) is 1.22. The molecule has 1 spiro atoms. The predicted molar refractivity (Wildman–Crippen MR) is 150 cm³/mol. The molecule has 40 heavy (non-hydrogen) atoms. The molecule has 1 aromatic heterocycles. The summed E-state index contributed by atoms with van der Waals surface area (Å²) < 4.78 is 14.5. The molecule has 8 rings (SSSR count). The minimum absolute atomic E-state index is 0.0966. The van der Waals surface area contributed by atoms with Crippen molar-refractivity contribution < 1.29 is 14.3 Å². The van der Waals surface area contributed by atoms with Crippen molar-refractivity contribution in [2.24, 2.45) is 11.3 Å². The van der Waals surface area contributed by atoms with Crippen molar-refractivity contribution in [2.45, 2.75) is 31.5 Å². The Morgan fingerprint density at radius 3 is 2.45 bits per heavy atom. The molecule has 7 heteroatoms. The number of para-hydroxylation sites is 1. The molecule has 0 radical (unpaired) electrons. The van der Waals surface area contributed by atoms with Crippen molar-refractivity contribution in [3.8, 4) is 11.5 Å². The lowest BCUT2D eigenvalue weighted by Crippen LogP contribution is -2.56. The molecule has 2 aliphatic heterocycles. The number of hydrogen-bond acceptors (Lipinski definition) is 5. The molecule has 200 valence electrons. The summed E-state index contributed by atoms with van der Waals surface area (Å²) in [6, 6.07) is 29.5. The monoisotopic (exact) mass is 531 g/mol. The van der Waals surface area contributed by atoms with E-state index in [4.69, 9.17) is 9.47 Å². The van der Waals surface area contributed by atoms with Crippen molar-refractivity contribution in [1.29, 1.82) is 0 Å². The zero-order valence-electron chi connectivity index (χ0n) is 22.0. The smallest absolute Gasteiger partial charge is 0.278 e. The molecular formula is C33H29N3O4. The number of fused-ring (bicyclic) bond motifs is 6. The van der Waals surface area contributed by atoms with Crippen molar-refractivity contribution in [3.63, 3.8) is 0 Å². The predicted octanol–water partition coefficient (Wildman–Crippen LogP) is 4.74. The minimum atomic E-state index is -0.295. The summed E-state index contributed by atoms with van der Waals surface area (Å²) in [4.78, 5) is 29.5. The number of rotatable bonds is 4. The second kappa shape index (κ2) is 8.74. The summed E-state index contributed by atoms with van der Waals surface area (Å²) in [6.45, 7) is 1.25. The quantitative estimate of drug-likeness (QED) is 0.381. The molecule has 0 N–H and O–H groups in total. The summed E-state index contributed by atoms with van der Waals surface area (Å²) >= 11 is 0. The van der Waals surface area contributed by atoms with E-state index in [2.05, 4.69) is 23.2 Å². The Morgan fingerprint density at radius 1 is 0.875 bits per heavy atom. The molecular weight excluding hydrogens is 502 g/mol. The first-order valence-electron chi connectivity index (χ1n) is 13.9. The maximum Gasteiger partial charge on any atom is 0.278 e. The fourth-order valence-electron chi connectivity index (χ4n) is 6.84. The first-order chi connectivity index (χ1) is 19.6. The van der Waals surface area contributed by atoms with Gasteiger partial charge in [0.2, 0.25) is 5.43 Å². The van der Waals surface area contributed by atoms with Gasteiger partial charge in [-0.15, -0.1) is 0 Å². The highest BCUT2D eigenvalue weighted by molar-refractivity contribution is 5.97. The van der Waals surface area contributed by atoms with Gasteiger partial charge in [-0.2, -0.15) is 0 Å². The fourth-order valence-corrected chi connectivity index (χ4v) is 6.84. The van der Waals surface area contributed by atoms with Crippen molar-refractivity contribution >= 4 is 5.91 Å². The van der Waals surface area contributed by atoms with Crippen LogP contribution in [0.3, 0.4) is 0 Å². The molecule has 2 saturated carbocycles. The van der Waals surface area contributed by atoms with Gasteiger partial charge in [-0.3, -0.25) is 19.3 Å². The van der Waals surface area contributed by atoms with Crippen LogP contribution < -0.4 is 19.9 Å². The third kappa shape index (κ3) is 3.57. The standard InChI is InChI=1S/C33H29N3O4/c37-26-15-16-35-30(31(26)40-19-22-9-3-1-4-10-22)32(38)34-21-36(35)29(23-11-5-2-6-12-23)25-13-7-8-14-27(25)39-20-24-17-33(24)18-28(33)34/h1-16,24,28-29H,17-21H2/t24-,28+,29+,33?/m1/s1. The Bertz CT molecular complexity index is 1670. The van der Waals surface area contributed by atoms with E-state index in [-0.39, 0.29) is 46.9 Å². The third-order valence-electron chi connectivity index (χ3n) is 9.10. The SMILES string of the molecule is O=C1c2c(OCc3ccccc3)c(=O)ccn2N2CN1[C@H]1CC13C[C@@H]3COc1ccccc1[C@@H]2c1ccccc1. The topological polar surface area (TPSA) is 64.0 Å². The molecule has 7 nitrogen and oxygen atoms in total. The summed E-state index contributed by atoms with van der Waals surface area (Å²) in [6.07, 6.45) is 3.74. The van der Waals surface area contributed by atoms with Crippen LogP contribution in [0.1, 0.15) is 46.1 Å². The maximum absolute atomic E-state index is 14.3. The van der Waals surface area contributed by atoms with Gasteiger partial charge in [0, 0.05) is 29.8 Å². The normalized spacial score (nSPS) is 25.8. The number of nitrogens with zero attached hydrogens (tertiary/aromatic N) is 3. The number of ether oxygens (including phenoxy) is 2. The number of carbonyl (C=O) groups is 1.